The van der Waals surface area contributed by atoms with Crippen LogP contribution in [0.3, 0.4) is 0 Å². The van der Waals surface area contributed by atoms with Crippen LogP contribution in [0.1, 0.15) is 0 Å². The number of nitrogens with zero attached hydrogens (tertiary/aromatic N) is 1. The molecule has 0 N–H and O–H groups in total. The highest BCUT2D eigenvalue weighted by Crippen LogP contribution is 2.24. The zero-order valence-corrected chi connectivity index (χ0v) is 7.79. The van der Waals surface area contributed by atoms with Crippen LogP contribution in [0.2, 0.25) is 0 Å². The molecule has 0 unspecified atom stereocenters. The molecule has 0 atom stereocenters. The first-order valence-corrected chi connectivity index (χ1v) is 4.91. The van der Waals surface area contributed by atoms with Gasteiger partial charge in [0.05, 0.1) is 0 Å². The largest absolute Gasteiger partial charge is 0.574 e. The predicted molar refractivity (Wildman–Crippen MR) is 45.8 cm³/mol. The number of pyridine rings is 1. The number of ether oxygens (including phenoxy) is 1. The first kappa shape index (κ1) is 10.5. The van der Waals surface area contributed by atoms with Crippen molar-refractivity contribution in [3.8, 4) is 5.88 Å². The van der Waals surface area contributed by atoms with Crippen molar-refractivity contribution >= 4 is 22.5 Å². The molecule has 0 radical (unpaired) electrons. The number of rotatable bonds is 2. The Labute approximate surface area is 81.3 Å². The molecule has 1 aromatic rings. The van der Waals surface area contributed by atoms with Crippen LogP contribution in [0.15, 0.2) is 23.2 Å². The molecule has 0 aromatic carbocycles. The van der Waals surface area contributed by atoms with Gasteiger partial charge in [0, 0.05) is 17.2 Å². The van der Waals surface area contributed by atoms with E-state index < -0.39 is 12.2 Å². The van der Waals surface area contributed by atoms with E-state index >= 15 is 0 Å². The minimum atomic E-state index is -4.69. The quantitative estimate of drug-likeness (QED) is 0.620. The molecule has 0 bridgehead atoms. The third-order valence-electron chi connectivity index (χ3n) is 1.03. The molecule has 0 spiro atoms. The summed E-state index contributed by atoms with van der Waals surface area (Å²) >= 11 is 3.84. The van der Waals surface area contributed by atoms with Gasteiger partial charge < -0.3 is 4.74 Å². The highest BCUT2D eigenvalue weighted by atomic mass is 33.1. The summed E-state index contributed by atoms with van der Waals surface area (Å²) in [5.74, 6) is -0.473. The van der Waals surface area contributed by atoms with E-state index in [2.05, 4.69) is 21.4 Å². The molecule has 1 aromatic heterocycles. The summed E-state index contributed by atoms with van der Waals surface area (Å²) in [5, 5.41) is 0. The smallest absolute Gasteiger partial charge is 0.388 e. The van der Waals surface area contributed by atoms with E-state index in [0.29, 0.717) is 4.90 Å². The predicted octanol–water partition coefficient (Wildman–Crippen LogP) is 2.92. The van der Waals surface area contributed by atoms with Gasteiger partial charge in [-0.05, 0) is 6.07 Å². The lowest BCUT2D eigenvalue weighted by Gasteiger charge is -2.07. The van der Waals surface area contributed by atoms with Crippen LogP contribution in [0.4, 0.5) is 13.2 Å². The minimum Gasteiger partial charge on any atom is -0.388 e. The maximum absolute atomic E-state index is 11.6. The standard InChI is InChI=1S/C6H4F3NOS2/c7-6(8,9)11-5-2-1-4(13-12)3-10-5/h1-3,12H. The first-order valence-electron chi connectivity index (χ1n) is 3.04. The van der Waals surface area contributed by atoms with Crippen molar-refractivity contribution in [2.24, 2.45) is 0 Å². The SMILES string of the molecule is FC(F)(F)Oc1ccc(SS)cn1. The van der Waals surface area contributed by atoms with Crippen LogP contribution >= 0.6 is 22.5 Å². The number of thiol groups is 1. The van der Waals surface area contributed by atoms with Gasteiger partial charge in [0.2, 0.25) is 5.88 Å². The lowest BCUT2D eigenvalue weighted by atomic mass is 10.5. The average Bonchev–Trinajstić information content (AvgIpc) is 2.03. The second-order valence-corrected chi connectivity index (χ2v) is 3.17. The molecule has 0 aliphatic heterocycles. The van der Waals surface area contributed by atoms with Crippen LogP contribution in [-0.4, -0.2) is 11.3 Å². The van der Waals surface area contributed by atoms with Crippen LogP contribution in [0, 0.1) is 0 Å². The molecule has 0 saturated carbocycles. The van der Waals surface area contributed by atoms with Crippen molar-refractivity contribution in [3.05, 3.63) is 18.3 Å². The molecule has 0 amide bonds. The van der Waals surface area contributed by atoms with E-state index in [1.54, 1.807) is 0 Å². The van der Waals surface area contributed by atoms with Gasteiger partial charge in [0.1, 0.15) is 0 Å². The minimum absolute atomic E-state index is 0.473. The highest BCUT2D eigenvalue weighted by molar-refractivity contribution is 8.68. The fourth-order valence-corrected chi connectivity index (χ4v) is 1.15. The van der Waals surface area contributed by atoms with Crippen molar-refractivity contribution in [1.29, 1.82) is 0 Å². The number of halogens is 3. The second-order valence-electron chi connectivity index (χ2n) is 1.97. The summed E-state index contributed by atoms with van der Waals surface area (Å²) in [4.78, 5) is 4.07. The summed E-state index contributed by atoms with van der Waals surface area (Å²) in [6.07, 6.45) is -3.44. The van der Waals surface area contributed by atoms with Crippen molar-refractivity contribution in [3.63, 3.8) is 0 Å². The van der Waals surface area contributed by atoms with Gasteiger partial charge in [0.15, 0.2) is 0 Å². The molecule has 0 fully saturated rings. The summed E-state index contributed by atoms with van der Waals surface area (Å²) in [6, 6.07) is 2.57. The Bertz CT molecular complexity index is 274. The number of aromatic nitrogens is 1. The van der Waals surface area contributed by atoms with Crippen LogP contribution in [-0.2, 0) is 0 Å². The summed E-state index contributed by atoms with van der Waals surface area (Å²) in [5.41, 5.74) is 0. The summed E-state index contributed by atoms with van der Waals surface area (Å²) in [6.45, 7) is 0. The van der Waals surface area contributed by atoms with Crippen LogP contribution in [0.25, 0.3) is 0 Å². The molecular formula is C6H4F3NOS2. The first-order chi connectivity index (χ1) is 6.01. The van der Waals surface area contributed by atoms with Crippen molar-refractivity contribution in [2.75, 3.05) is 0 Å². The molecule has 1 heterocycles. The van der Waals surface area contributed by atoms with E-state index in [1.807, 2.05) is 0 Å². The third kappa shape index (κ3) is 3.77. The summed E-state index contributed by atoms with van der Waals surface area (Å²) in [7, 11) is 1.09. The molecule has 7 heteroatoms. The van der Waals surface area contributed by atoms with Crippen molar-refractivity contribution < 1.29 is 17.9 Å². The van der Waals surface area contributed by atoms with Gasteiger partial charge in [0.25, 0.3) is 0 Å². The van der Waals surface area contributed by atoms with Gasteiger partial charge in [-0.15, -0.1) is 24.8 Å². The zero-order valence-electron chi connectivity index (χ0n) is 6.08. The van der Waals surface area contributed by atoms with Gasteiger partial charge in [-0.25, -0.2) is 4.98 Å². The van der Waals surface area contributed by atoms with Gasteiger partial charge in [-0.1, -0.05) is 10.8 Å². The van der Waals surface area contributed by atoms with Gasteiger partial charge in [-0.2, -0.15) is 0 Å². The molecule has 0 aliphatic rings. The Morgan fingerprint density at radius 1 is 1.38 bits per heavy atom. The fraction of sp³-hybridized carbons (Fsp3) is 0.167. The monoisotopic (exact) mass is 227 g/mol. The molecule has 0 aliphatic carbocycles. The summed E-state index contributed by atoms with van der Waals surface area (Å²) < 4.78 is 38.5. The fourth-order valence-electron chi connectivity index (χ4n) is 0.600. The number of alkyl halides is 3. The molecule has 72 valence electrons. The lowest BCUT2D eigenvalue weighted by Crippen LogP contribution is -2.17. The maximum atomic E-state index is 11.6. The Balaban J connectivity index is 2.70. The Hall–Kier alpha value is -0.560. The molecule has 13 heavy (non-hydrogen) atoms. The van der Waals surface area contributed by atoms with Crippen LogP contribution < -0.4 is 4.74 Å². The zero-order chi connectivity index (χ0) is 9.90. The van der Waals surface area contributed by atoms with Crippen molar-refractivity contribution in [1.82, 2.24) is 4.98 Å². The molecular weight excluding hydrogens is 223 g/mol. The lowest BCUT2D eigenvalue weighted by molar-refractivity contribution is -0.276. The Morgan fingerprint density at radius 2 is 2.08 bits per heavy atom. The normalized spacial score (nSPS) is 11.4. The van der Waals surface area contributed by atoms with E-state index in [-0.39, 0.29) is 0 Å². The average molecular weight is 227 g/mol. The van der Waals surface area contributed by atoms with Gasteiger partial charge in [-0.3, -0.25) is 0 Å². The van der Waals surface area contributed by atoms with Gasteiger partial charge >= 0.3 is 6.36 Å². The maximum Gasteiger partial charge on any atom is 0.574 e. The molecule has 2 nitrogen and oxygen atoms in total. The molecule has 1 rings (SSSR count). The number of hydrogen-bond acceptors (Lipinski definition) is 4. The Kier molecular flexibility index (Phi) is 3.32. The van der Waals surface area contributed by atoms with E-state index in [4.69, 9.17) is 0 Å². The third-order valence-corrected chi connectivity index (χ3v) is 2.12. The number of hydrogen-bond donors (Lipinski definition) is 1. The Morgan fingerprint density at radius 3 is 2.46 bits per heavy atom. The van der Waals surface area contributed by atoms with Crippen molar-refractivity contribution in [2.45, 2.75) is 11.3 Å². The topological polar surface area (TPSA) is 22.1 Å². The highest BCUT2D eigenvalue weighted by Gasteiger charge is 2.31. The second kappa shape index (κ2) is 4.10. The van der Waals surface area contributed by atoms with Crippen LogP contribution in [0.5, 0.6) is 5.88 Å². The molecule has 0 saturated heterocycles. The van der Waals surface area contributed by atoms with E-state index in [1.165, 1.54) is 12.3 Å². The van der Waals surface area contributed by atoms with E-state index in [9.17, 15) is 13.2 Å². The van der Waals surface area contributed by atoms with E-state index in [0.717, 1.165) is 16.9 Å².